The minimum absolute atomic E-state index is 0.184. The van der Waals surface area contributed by atoms with Crippen LogP contribution in [-0.4, -0.2) is 23.8 Å². The zero-order valence-corrected chi connectivity index (χ0v) is 13.9. The van der Waals surface area contributed by atoms with Crippen LogP contribution in [0.3, 0.4) is 0 Å². The fourth-order valence-electron chi connectivity index (χ4n) is 1.87. The van der Waals surface area contributed by atoms with E-state index in [-0.39, 0.29) is 12.5 Å². The summed E-state index contributed by atoms with van der Waals surface area (Å²) in [4.78, 5) is 13.1. The third kappa shape index (κ3) is 4.59. The summed E-state index contributed by atoms with van der Waals surface area (Å²) in [5, 5.41) is 12.8. The van der Waals surface area contributed by atoms with Gasteiger partial charge in [0.05, 0.1) is 6.10 Å². The van der Waals surface area contributed by atoms with Gasteiger partial charge in [-0.2, -0.15) is 0 Å². The van der Waals surface area contributed by atoms with Gasteiger partial charge in [0, 0.05) is 21.5 Å². The summed E-state index contributed by atoms with van der Waals surface area (Å²) < 4.78 is 0.850. The molecule has 0 fully saturated rings. The van der Waals surface area contributed by atoms with Gasteiger partial charge in [-0.3, -0.25) is 4.79 Å². The molecule has 0 heterocycles. The van der Waals surface area contributed by atoms with Crippen LogP contribution in [-0.2, 0) is 0 Å². The molecule has 1 amide bonds. The topological polar surface area (TPSA) is 49.3 Å². The first-order valence-corrected chi connectivity index (χ1v) is 8.47. The molecule has 0 saturated heterocycles. The molecule has 0 aliphatic carbocycles. The number of nitrogens with one attached hydrogen (secondary N) is 1. The average Bonchev–Trinajstić information content (AvgIpc) is 2.52. The molecule has 2 rings (SSSR count). The number of hydrogen-bond acceptors (Lipinski definition) is 3. The number of carbonyl (C=O) groups is 1. The average molecular weight is 366 g/mol. The fourth-order valence-corrected chi connectivity index (χ4v) is 2.67. The van der Waals surface area contributed by atoms with Crippen LogP contribution >= 0.6 is 27.7 Å². The van der Waals surface area contributed by atoms with Crippen molar-refractivity contribution in [3.05, 3.63) is 64.1 Å². The second-order valence-electron chi connectivity index (χ2n) is 4.51. The van der Waals surface area contributed by atoms with Crippen LogP contribution in [0.2, 0.25) is 0 Å². The smallest absolute Gasteiger partial charge is 0.251 e. The predicted octanol–water partition coefficient (Wildman–Crippen LogP) is 3.63. The molecular weight excluding hydrogens is 350 g/mol. The summed E-state index contributed by atoms with van der Waals surface area (Å²) in [5.41, 5.74) is 1.36. The van der Waals surface area contributed by atoms with Crippen molar-refractivity contribution in [1.82, 2.24) is 5.32 Å². The minimum atomic E-state index is -0.711. The van der Waals surface area contributed by atoms with E-state index >= 15 is 0 Å². The molecule has 1 atom stereocenters. The molecule has 0 aliphatic rings. The molecule has 21 heavy (non-hydrogen) atoms. The van der Waals surface area contributed by atoms with E-state index in [9.17, 15) is 9.90 Å². The second kappa shape index (κ2) is 7.64. The van der Waals surface area contributed by atoms with Crippen LogP contribution in [0.1, 0.15) is 22.0 Å². The van der Waals surface area contributed by atoms with Crippen LogP contribution < -0.4 is 5.32 Å². The Morgan fingerprint density at radius 3 is 2.62 bits per heavy atom. The van der Waals surface area contributed by atoms with E-state index in [2.05, 4.69) is 21.2 Å². The summed E-state index contributed by atoms with van der Waals surface area (Å²) >= 11 is 4.98. The van der Waals surface area contributed by atoms with Crippen molar-refractivity contribution < 1.29 is 9.90 Å². The molecule has 0 spiro atoms. The van der Waals surface area contributed by atoms with Gasteiger partial charge in [-0.05, 0) is 42.2 Å². The van der Waals surface area contributed by atoms with Gasteiger partial charge < -0.3 is 10.4 Å². The lowest BCUT2D eigenvalue weighted by atomic mass is 10.1. The fraction of sp³-hybridized carbons (Fsp3) is 0.188. The lowest BCUT2D eigenvalue weighted by Crippen LogP contribution is -2.28. The zero-order chi connectivity index (χ0) is 15.2. The van der Waals surface area contributed by atoms with Gasteiger partial charge in [0.1, 0.15) is 0 Å². The van der Waals surface area contributed by atoms with Crippen LogP contribution in [0.25, 0.3) is 0 Å². The Kier molecular flexibility index (Phi) is 5.85. The zero-order valence-electron chi connectivity index (χ0n) is 11.5. The number of carbonyl (C=O) groups excluding carboxylic acids is 1. The highest BCUT2D eigenvalue weighted by Gasteiger charge is 2.11. The van der Waals surface area contributed by atoms with E-state index in [1.54, 1.807) is 30.0 Å². The third-order valence-corrected chi connectivity index (χ3v) is 4.28. The molecule has 2 aromatic rings. The molecule has 0 aromatic heterocycles. The molecule has 0 radical (unpaired) electrons. The lowest BCUT2D eigenvalue weighted by Gasteiger charge is -2.13. The molecule has 110 valence electrons. The normalized spacial score (nSPS) is 12.0. The number of hydrogen-bond donors (Lipinski definition) is 2. The van der Waals surface area contributed by atoms with Crippen molar-refractivity contribution in [3.8, 4) is 0 Å². The van der Waals surface area contributed by atoms with Crippen LogP contribution in [0, 0.1) is 0 Å². The van der Waals surface area contributed by atoms with E-state index in [1.807, 2.05) is 36.6 Å². The first-order valence-electron chi connectivity index (χ1n) is 6.46. The summed E-state index contributed by atoms with van der Waals surface area (Å²) in [7, 11) is 0. The molecule has 0 saturated carbocycles. The molecule has 0 bridgehead atoms. The van der Waals surface area contributed by atoms with Gasteiger partial charge in [-0.15, -0.1) is 11.8 Å². The van der Waals surface area contributed by atoms with E-state index in [0.29, 0.717) is 5.56 Å². The summed E-state index contributed by atoms with van der Waals surface area (Å²) in [6.45, 7) is 0.184. The van der Waals surface area contributed by atoms with Crippen LogP contribution in [0.15, 0.2) is 57.9 Å². The second-order valence-corrected chi connectivity index (χ2v) is 6.30. The number of benzene rings is 2. The summed E-state index contributed by atoms with van der Waals surface area (Å²) in [6, 6.07) is 14.8. The monoisotopic (exact) mass is 365 g/mol. The van der Waals surface area contributed by atoms with Crippen molar-refractivity contribution in [2.45, 2.75) is 11.0 Å². The Hall–Kier alpha value is -1.30. The Labute approximate surface area is 136 Å². The first-order chi connectivity index (χ1) is 10.1. The van der Waals surface area contributed by atoms with Crippen LogP contribution in [0.5, 0.6) is 0 Å². The quantitative estimate of drug-likeness (QED) is 0.795. The maximum atomic E-state index is 12.0. The number of aliphatic hydroxyl groups excluding tert-OH is 1. The number of thioether (sulfide) groups is 1. The number of rotatable bonds is 5. The maximum Gasteiger partial charge on any atom is 0.251 e. The molecule has 3 nitrogen and oxygen atoms in total. The van der Waals surface area contributed by atoms with Crippen LogP contribution in [0.4, 0.5) is 0 Å². The van der Waals surface area contributed by atoms with Crippen molar-refractivity contribution in [3.63, 3.8) is 0 Å². The van der Waals surface area contributed by atoms with Gasteiger partial charge in [0.15, 0.2) is 0 Å². The van der Waals surface area contributed by atoms with Crippen molar-refractivity contribution in [2.24, 2.45) is 0 Å². The van der Waals surface area contributed by atoms with Gasteiger partial charge in [-0.25, -0.2) is 0 Å². The third-order valence-electron chi connectivity index (χ3n) is 3.04. The minimum Gasteiger partial charge on any atom is -0.387 e. The highest BCUT2D eigenvalue weighted by atomic mass is 79.9. The molecule has 0 aliphatic heterocycles. The summed E-state index contributed by atoms with van der Waals surface area (Å²) in [6.07, 6.45) is 1.29. The van der Waals surface area contributed by atoms with Crippen molar-refractivity contribution >= 4 is 33.6 Å². The Morgan fingerprint density at radius 2 is 2.00 bits per heavy atom. The number of halogens is 1. The maximum absolute atomic E-state index is 12.0. The molecule has 2 N–H and O–H groups in total. The predicted molar refractivity (Wildman–Crippen MR) is 89.7 cm³/mol. The van der Waals surface area contributed by atoms with E-state index in [1.165, 1.54) is 0 Å². The van der Waals surface area contributed by atoms with E-state index in [0.717, 1.165) is 14.9 Å². The van der Waals surface area contributed by atoms with Gasteiger partial charge in [-0.1, -0.05) is 34.1 Å². The molecular formula is C16H16BrNO2S. The standard InChI is InChI=1S/C16H16BrNO2S/c1-21-14-7-5-11(6-8-14)15(19)10-18-16(20)12-3-2-4-13(17)9-12/h2-9,15,19H,10H2,1H3,(H,18,20)/t15-/m1/s1. The number of amides is 1. The van der Waals surface area contributed by atoms with E-state index < -0.39 is 6.10 Å². The molecule has 2 aromatic carbocycles. The number of aliphatic hydroxyl groups is 1. The highest BCUT2D eigenvalue weighted by Crippen LogP contribution is 2.19. The SMILES string of the molecule is CSc1ccc([C@H](O)CNC(=O)c2cccc(Br)c2)cc1. The van der Waals surface area contributed by atoms with E-state index in [4.69, 9.17) is 0 Å². The van der Waals surface area contributed by atoms with Gasteiger partial charge in [0.2, 0.25) is 0 Å². The highest BCUT2D eigenvalue weighted by molar-refractivity contribution is 9.10. The first kappa shape index (κ1) is 16.1. The largest absolute Gasteiger partial charge is 0.387 e. The van der Waals surface area contributed by atoms with Crippen molar-refractivity contribution in [1.29, 1.82) is 0 Å². The van der Waals surface area contributed by atoms with Gasteiger partial charge in [0.25, 0.3) is 5.91 Å². The molecule has 5 heteroatoms. The summed E-state index contributed by atoms with van der Waals surface area (Å²) in [5.74, 6) is -0.198. The van der Waals surface area contributed by atoms with Gasteiger partial charge >= 0.3 is 0 Å². The Balaban J connectivity index is 1.93. The Morgan fingerprint density at radius 1 is 1.29 bits per heavy atom. The molecule has 0 unspecified atom stereocenters. The Bertz CT molecular complexity index is 616. The lowest BCUT2D eigenvalue weighted by molar-refractivity contribution is 0.0916. The van der Waals surface area contributed by atoms with Crippen molar-refractivity contribution in [2.75, 3.05) is 12.8 Å².